The van der Waals surface area contributed by atoms with Gasteiger partial charge in [0, 0.05) is 5.56 Å². The normalized spacial score (nSPS) is 12.1. The predicted octanol–water partition coefficient (Wildman–Crippen LogP) is 4.53. The Morgan fingerprint density at radius 2 is 1.81 bits per heavy atom. The van der Waals surface area contributed by atoms with E-state index in [1.807, 2.05) is 0 Å². The molecule has 0 aromatic heterocycles. The van der Waals surface area contributed by atoms with E-state index in [-0.39, 0.29) is 22.9 Å². The molecule has 21 heavy (non-hydrogen) atoms. The van der Waals surface area contributed by atoms with Crippen molar-refractivity contribution in [2.45, 2.75) is 18.8 Å². The molecule has 0 spiro atoms. The van der Waals surface area contributed by atoms with Crippen LogP contribution in [0, 0.1) is 11.6 Å². The molecule has 0 aliphatic carbocycles. The molecule has 0 aliphatic heterocycles. The highest BCUT2D eigenvalue weighted by Crippen LogP contribution is 2.27. The smallest absolute Gasteiger partial charge is 0.310 e. The molecular weight excluding hydrogens is 342 g/mol. The number of carboxylic acid groups (broad SMARTS) is 1. The number of rotatable bonds is 5. The number of hydrogen-bond donors (Lipinski definition) is 1. The molecule has 1 N–H and O–H groups in total. The molecule has 5 heteroatoms. The summed E-state index contributed by atoms with van der Waals surface area (Å²) in [6.45, 7) is 0. The van der Waals surface area contributed by atoms with E-state index in [1.165, 1.54) is 12.1 Å². The second kappa shape index (κ2) is 6.80. The zero-order valence-electron chi connectivity index (χ0n) is 11.0. The summed E-state index contributed by atoms with van der Waals surface area (Å²) < 4.78 is 27.7. The van der Waals surface area contributed by atoms with Crippen LogP contribution in [-0.4, -0.2) is 11.1 Å². The Kier molecular flexibility index (Phi) is 5.07. The lowest BCUT2D eigenvalue weighted by Crippen LogP contribution is -2.13. The standard InChI is InChI=1S/C16H13BrF2O2/c17-13-8-9-14(18)12(15(13)19)7-6-11(16(20)21)10-4-2-1-3-5-10/h1-5,8-9,11H,6-7H2,(H,20,21). The molecular formula is C16H13BrF2O2. The van der Waals surface area contributed by atoms with Gasteiger partial charge in [-0.25, -0.2) is 8.78 Å². The van der Waals surface area contributed by atoms with Crippen LogP contribution in [0.5, 0.6) is 0 Å². The van der Waals surface area contributed by atoms with Crippen LogP contribution in [0.2, 0.25) is 0 Å². The average molecular weight is 355 g/mol. The van der Waals surface area contributed by atoms with E-state index < -0.39 is 23.5 Å². The molecule has 110 valence electrons. The van der Waals surface area contributed by atoms with E-state index in [4.69, 9.17) is 0 Å². The van der Waals surface area contributed by atoms with Crippen molar-refractivity contribution >= 4 is 21.9 Å². The van der Waals surface area contributed by atoms with Crippen LogP contribution in [0.15, 0.2) is 46.9 Å². The van der Waals surface area contributed by atoms with Crippen LogP contribution in [0.3, 0.4) is 0 Å². The highest BCUT2D eigenvalue weighted by molar-refractivity contribution is 9.10. The van der Waals surface area contributed by atoms with Crippen LogP contribution in [-0.2, 0) is 11.2 Å². The molecule has 0 fully saturated rings. The summed E-state index contributed by atoms with van der Waals surface area (Å²) in [5.74, 6) is -3.12. The fourth-order valence-corrected chi connectivity index (χ4v) is 2.58. The Hall–Kier alpha value is -1.75. The van der Waals surface area contributed by atoms with Gasteiger partial charge in [-0.2, -0.15) is 0 Å². The van der Waals surface area contributed by atoms with Gasteiger partial charge in [0.15, 0.2) is 0 Å². The van der Waals surface area contributed by atoms with Crippen molar-refractivity contribution in [2.24, 2.45) is 0 Å². The lowest BCUT2D eigenvalue weighted by atomic mass is 9.92. The van der Waals surface area contributed by atoms with Crippen molar-refractivity contribution in [1.82, 2.24) is 0 Å². The van der Waals surface area contributed by atoms with E-state index in [2.05, 4.69) is 15.9 Å². The van der Waals surface area contributed by atoms with Gasteiger partial charge in [-0.1, -0.05) is 30.3 Å². The molecule has 0 saturated carbocycles. The summed E-state index contributed by atoms with van der Waals surface area (Å²) in [7, 11) is 0. The molecule has 2 rings (SSSR count). The Balaban J connectivity index is 2.21. The summed E-state index contributed by atoms with van der Waals surface area (Å²) in [5.41, 5.74) is 0.535. The first-order valence-corrected chi connectivity index (χ1v) is 7.20. The molecule has 2 aromatic carbocycles. The molecule has 1 atom stereocenters. The Morgan fingerprint density at radius 1 is 1.14 bits per heavy atom. The van der Waals surface area contributed by atoms with Crippen molar-refractivity contribution in [3.63, 3.8) is 0 Å². The number of carboxylic acids is 1. The van der Waals surface area contributed by atoms with Gasteiger partial charge in [-0.05, 0) is 46.5 Å². The van der Waals surface area contributed by atoms with E-state index in [0.717, 1.165) is 0 Å². The maximum atomic E-state index is 13.9. The average Bonchev–Trinajstić information content (AvgIpc) is 2.47. The van der Waals surface area contributed by atoms with Gasteiger partial charge in [-0.3, -0.25) is 4.79 Å². The number of halogens is 3. The third-order valence-electron chi connectivity index (χ3n) is 3.32. The highest BCUT2D eigenvalue weighted by atomic mass is 79.9. The van der Waals surface area contributed by atoms with Gasteiger partial charge in [0.1, 0.15) is 11.6 Å². The minimum Gasteiger partial charge on any atom is -0.481 e. The summed E-state index contributed by atoms with van der Waals surface area (Å²) >= 11 is 3.00. The van der Waals surface area contributed by atoms with Gasteiger partial charge in [0.05, 0.1) is 10.4 Å². The lowest BCUT2D eigenvalue weighted by molar-refractivity contribution is -0.139. The minimum atomic E-state index is -1.00. The largest absolute Gasteiger partial charge is 0.481 e. The second-order valence-electron chi connectivity index (χ2n) is 4.66. The maximum absolute atomic E-state index is 13.9. The first kappa shape index (κ1) is 15.6. The SMILES string of the molecule is O=C(O)C(CCc1c(F)ccc(Br)c1F)c1ccccc1. The molecule has 0 saturated heterocycles. The van der Waals surface area contributed by atoms with E-state index in [9.17, 15) is 18.7 Å². The fourth-order valence-electron chi connectivity index (χ4n) is 2.20. The topological polar surface area (TPSA) is 37.3 Å². The van der Waals surface area contributed by atoms with Crippen LogP contribution >= 0.6 is 15.9 Å². The van der Waals surface area contributed by atoms with Crippen LogP contribution in [0.1, 0.15) is 23.5 Å². The lowest BCUT2D eigenvalue weighted by Gasteiger charge is -2.13. The summed E-state index contributed by atoms with van der Waals surface area (Å²) in [4.78, 5) is 11.4. The molecule has 0 radical (unpaired) electrons. The van der Waals surface area contributed by atoms with Gasteiger partial charge in [0.25, 0.3) is 0 Å². The summed E-state index contributed by atoms with van der Waals surface area (Å²) in [5, 5.41) is 9.30. The molecule has 2 aromatic rings. The second-order valence-corrected chi connectivity index (χ2v) is 5.52. The van der Waals surface area contributed by atoms with Crippen molar-refractivity contribution in [3.05, 3.63) is 69.7 Å². The quantitative estimate of drug-likeness (QED) is 0.801. The van der Waals surface area contributed by atoms with Gasteiger partial charge in [-0.15, -0.1) is 0 Å². The van der Waals surface area contributed by atoms with Crippen LogP contribution in [0.25, 0.3) is 0 Å². The van der Waals surface area contributed by atoms with Crippen molar-refractivity contribution in [3.8, 4) is 0 Å². The predicted molar refractivity (Wildman–Crippen MR) is 79.2 cm³/mol. The number of benzene rings is 2. The van der Waals surface area contributed by atoms with Crippen molar-refractivity contribution in [2.75, 3.05) is 0 Å². The molecule has 0 aliphatic rings. The molecule has 2 nitrogen and oxygen atoms in total. The fraction of sp³-hybridized carbons (Fsp3) is 0.188. The minimum absolute atomic E-state index is 0.0168. The van der Waals surface area contributed by atoms with Gasteiger partial charge < -0.3 is 5.11 Å². The Bertz CT molecular complexity index is 644. The molecule has 1 unspecified atom stereocenters. The summed E-state index contributed by atoms with van der Waals surface area (Å²) in [6.07, 6.45) is 0.145. The number of hydrogen-bond acceptors (Lipinski definition) is 1. The van der Waals surface area contributed by atoms with E-state index >= 15 is 0 Å². The van der Waals surface area contributed by atoms with Crippen LogP contribution < -0.4 is 0 Å². The monoisotopic (exact) mass is 354 g/mol. The zero-order valence-corrected chi connectivity index (χ0v) is 12.6. The van der Waals surface area contributed by atoms with Gasteiger partial charge >= 0.3 is 5.97 Å². The van der Waals surface area contributed by atoms with Gasteiger partial charge in [0.2, 0.25) is 0 Å². The zero-order chi connectivity index (χ0) is 15.4. The first-order valence-electron chi connectivity index (χ1n) is 6.41. The van der Waals surface area contributed by atoms with Crippen molar-refractivity contribution < 1.29 is 18.7 Å². The summed E-state index contributed by atoms with van der Waals surface area (Å²) in [6, 6.07) is 11.1. The van der Waals surface area contributed by atoms with E-state index in [0.29, 0.717) is 5.56 Å². The molecule has 0 bridgehead atoms. The third kappa shape index (κ3) is 3.67. The third-order valence-corrected chi connectivity index (χ3v) is 3.93. The Morgan fingerprint density at radius 3 is 2.43 bits per heavy atom. The van der Waals surface area contributed by atoms with Crippen molar-refractivity contribution in [1.29, 1.82) is 0 Å². The van der Waals surface area contributed by atoms with Crippen LogP contribution in [0.4, 0.5) is 8.78 Å². The number of carbonyl (C=O) groups is 1. The first-order chi connectivity index (χ1) is 10.0. The maximum Gasteiger partial charge on any atom is 0.310 e. The highest BCUT2D eigenvalue weighted by Gasteiger charge is 2.21. The van der Waals surface area contributed by atoms with E-state index in [1.54, 1.807) is 30.3 Å². The molecule has 0 heterocycles. The number of aliphatic carboxylic acids is 1. The Labute approximate surface area is 129 Å². The molecule has 0 amide bonds.